The number of benzene rings is 1. The van der Waals surface area contributed by atoms with Gasteiger partial charge < -0.3 is 5.32 Å². The van der Waals surface area contributed by atoms with Gasteiger partial charge >= 0.3 is 12.4 Å². The molecule has 0 atom stereocenters. The highest BCUT2D eigenvalue weighted by atomic mass is 19.4. The summed E-state index contributed by atoms with van der Waals surface area (Å²) < 4.78 is 79.1. The lowest BCUT2D eigenvalue weighted by Crippen LogP contribution is -2.14. The number of nitrogens with one attached hydrogen (secondary N) is 1. The normalized spacial score (nSPS) is 12.2. The molecule has 0 spiro atoms. The van der Waals surface area contributed by atoms with Gasteiger partial charge in [0.05, 0.1) is 17.4 Å². The zero-order chi connectivity index (χ0) is 20.7. The summed E-state index contributed by atoms with van der Waals surface area (Å²) in [6.07, 6.45) is -7.28. The number of aryl methyl sites for hydroxylation is 1. The van der Waals surface area contributed by atoms with Gasteiger partial charge in [-0.15, -0.1) is 0 Å². The Kier molecular flexibility index (Phi) is 4.65. The van der Waals surface area contributed by atoms with Gasteiger partial charge in [-0.05, 0) is 24.3 Å². The standard InChI is InChI=1S/C16H11F6N5O/c1-26-8-9(7-23-26)14(28)24-10-2-4-11(5-3-10)27-13(16(20,21)22)6-12(25-27)15(17,18)19/h2-8H,1H3,(H,24,28). The maximum atomic E-state index is 13.1. The predicted octanol–water partition coefficient (Wildman–Crippen LogP) is 3.90. The van der Waals surface area contributed by atoms with Gasteiger partial charge in [0.1, 0.15) is 5.69 Å². The molecule has 0 fully saturated rings. The molecule has 3 aromatic rings. The summed E-state index contributed by atoms with van der Waals surface area (Å²) in [4.78, 5) is 12.0. The average molecular weight is 403 g/mol. The Labute approximate surface area is 153 Å². The first-order valence-corrected chi connectivity index (χ1v) is 7.60. The maximum absolute atomic E-state index is 13.1. The fraction of sp³-hybridized carbons (Fsp3) is 0.188. The van der Waals surface area contributed by atoms with Gasteiger partial charge in [0, 0.05) is 25.0 Å². The van der Waals surface area contributed by atoms with Gasteiger partial charge in [0.2, 0.25) is 0 Å². The van der Waals surface area contributed by atoms with Crippen molar-refractivity contribution in [2.45, 2.75) is 12.4 Å². The molecule has 0 aliphatic rings. The first-order chi connectivity index (χ1) is 12.9. The molecule has 28 heavy (non-hydrogen) atoms. The minimum absolute atomic E-state index is 0.0575. The molecule has 0 saturated heterocycles. The number of nitrogens with zero attached hydrogens (tertiary/aromatic N) is 4. The van der Waals surface area contributed by atoms with E-state index in [1.54, 1.807) is 7.05 Å². The molecule has 12 heteroatoms. The van der Waals surface area contributed by atoms with Crippen molar-refractivity contribution in [1.82, 2.24) is 19.6 Å². The van der Waals surface area contributed by atoms with Crippen LogP contribution in [0.2, 0.25) is 0 Å². The van der Waals surface area contributed by atoms with Gasteiger partial charge in [-0.25, -0.2) is 4.68 Å². The van der Waals surface area contributed by atoms with Crippen LogP contribution in [-0.2, 0) is 19.4 Å². The first kappa shape index (κ1) is 19.5. The summed E-state index contributed by atoms with van der Waals surface area (Å²) in [5, 5.41) is 9.37. The summed E-state index contributed by atoms with van der Waals surface area (Å²) in [6.45, 7) is 0. The molecule has 1 aromatic carbocycles. The predicted molar refractivity (Wildman–Crippen MR) is 84.7 cm³/mol. The Bertz CT molecular complexity index is 1000. The Morgan fingerprint density at radius 2 is 1.68 bits per heavy atom. The molecule has 0 unspecified atom stereocenters. The van der Waals surface area contributed by atoms with E-state index in [2.05, 4.69) is 15.5 Å². The van der Waals surface area contributed by atoms with E-state index in [9.17, 15) is 31.1 Å². The largest absolute Gasteiger partial charge is 0.435 e. The second-order valence-electron chi connectivity index (χ2n) is 5.73. The zero-order valence-corrected chi connectivity index (χ0v) is 14.0. The van der Waals surface area contributed by atoms with Crippen molar-refractivity contribution >= 4 is 11.6 Å². The molecule has 2 aromatic heterocycles. The second-order valence-corrected chi connectivity index (χ2v) is 5.73. The molecule has 0 aliphatic carbocycles. The van der Waals surface area contributed by atoms with Crippen molar-refractivity contribution in [2.75, 3.05) is 5.32 Å². The van der Waals surface area contributed by atoms with Crippen LogP contribution >= 0.6 is 0 Å². The Morgan fingerprint density at radius 1 is 1.04 bits per heavy atom. The van der Waals surface area contributed by atoms with Crippen LogP contribution in [-0.4, -0.2) is 25.5 Å². The highest BCUT2D eigenvalue weighted by Gasteiger charge is 2.42. The molecule has 6 nitrogen and oxygen atoms in total. The summed E-state index contributed by atoms with van der Waals surface area (Å²) in [5.41, 5.74) is -2.98. The minimum Gasteiger partial charge on any atom is -0.322 e. The lowest BCUT2D eigenvalue weighted by atomic mass is 10.2. The van der Waals surface area contributed by atoms with Gasteiger partial charge in [-0.1, -0.05) is 0 Å². The zero-order valence-electron chi connectivity index (χ0n) is 14.0. The van der Waals surface area contributed by atoms with Crippen LogP contribution in [0, 0.1) is 0 Å². The fourth-order valence-electron chi connectivity index (χ4n) is 2.35. The van der Waals surface area contributed by atoms with Crippen molar-refractivity contribution in [3.8, 4) is 5.69 Å². The molecule has 3 rings (SSSR count). The maximum Gasteiger partial charge on any atom is 0.435 e. The number of anilines is 1. The first-order valence-electron chi connectivity index (χ1n) is 7.60. The Hall–Kier alpha value is -3.31. The second kappa shape index (κ2) is 6.69. The third-order valence-electron chi connectivity index (χ3n) is 3.63. The lowest BCUT2D eigenvalue weighted by molar-refractivity contribution is -0.143. The molecule has 2 heterocycles. The van der Waals surface area contributed by atoms with Gasteiger partial charge in [0.25, 0.3) is 5.91 Å². The number of alkyl halides is 6. The van der Waals surface area contributed by atoms with Crippen LogP contribution in [0.1, 0.15) is 21.7 Å². The van der Waals surface area contributed by atoms with Gasteiger partial charge in [0.15, 0.2) is 5.69 Å². The summed E-state index contributed by atoms with van der Waals surface area (Å²) in [6, 6.07) is 4.66. The van der Waals surface area contributed by atoms with Crippen molar-refractivity contribution in [2.24, 2.45) is 7.05 Å². The molecule has 0 aliphatic heterocycles. The molecule has 0 radical (unpaired) electrons. The number of amides is 1. The fourth-order valence-corrected chi connectivity index (χ4v) is 2.35. The van der Waals surface area contributed by atoms with E-state index in [0.717, 1.165) is 12.1 Å². The molecule has 148 valence electrons. The monoisotopic (exact) mass is 403 g/mol. The molecule has 0 saturated carbocycles. The van der Waals surface area contributed by atoms with Crippen molar-refractivity contribution in [3.63, 3.8) is 0 Å². The highest BCUT2D eigenvalue weighted by molar-refractivity contribution is 6.03. The van der Waals surface area contributed by atoms with Gasteiger partial charge in [-0.3, -0.25) is 9.48 Å². The van der Waals surface area contributed by atoms with E-state index in [4.69, 9.17) is 0 Å². The topological polar surface area (TPSA) is 64.7 Å². The number of rotatable bonds is 3. The number of carbonyl (C=O) groups excluding carboxylic acids is 1. The van der Waals surface area contributed by atoms with Crippen LogP contribution < -0.4 is 5.32 Å². The van der Waals surface area contributed by atoms with E-state index in [-0.39, 0.29) is 27.7 Å². The van der Waals surface area contributed by atoms with Gasteiger partial charge in [-0.2, -0.15) is 36.5 Å². The van der Waals surface area contributed by atoms with Crippen LogP contribution in [0.15, 0.2) is 42.7 Å². The van der Waals surface area contributed by atoms with Crippen molar-refractivity contribution in [3.05, 3.63) is 59.7 Å². The number of hydrogen-bond acceptors (Lipinski definition) is 3. The van der Waals surface area contributed by atoms with E-state index >= 15 is 0 Å². The van der Waals surface area contributed by atoms with Crippen molar-refractivity contribution < 1.29 is 31.1 Å². The molecular formula is C16H11F6N5O. The number of halogens is 6. The number of hydrogen-bond donors (Lipinski definition) is 1. The molecule has 0 bridgehead atoms. The smallest absolute Gasteiger partial charge is 0.322 e. The lowest BCUT2D eigenvalue weighted by Gasteiger charge is -2.11. The quantitative estimate of drug-likeness (QED) is 0.675. The summed E-state index contributed by atoms with van der Waals surface area (Å²) in [5.74, 6) is -0.504. The summed E-state index contributed by atoms with van der Waals surface area (Å²) >= 11 is 0. The third-order valence-corrected chi connectivity index (χ3v) is 3.63. The van der Waals surface area contributed by atoms with Crippen LogP contribution in [0.25, 0.3) is 5.69 Å². The minimum atomic E-state index is -5.04. The Morgan fingerprint density at radius 3 is 2.18 bits per heavy atom. The number of carbonyl (C=O) groups is 1. The highest BCUT2D eigenvalue weighted by Crippen LogP contribution is 2.36. The van der Waals surface area contributed by atoms with E-state index in [1.165, 1.54) is 29.2 Å². The molecule has 1 N–H and O–H groups in total. The Balaban J connectivity index is 1.89. The van der Waals surface area contributed by atoms with E-state index in [1.807, 2.05) is 0 Å². The van der Waals surface area contributed by atoms with E-state index < -0.39 is 29.6 Å². The average Bonchev–Trinajstić information content (AvgIpc) is 3.21. The van der Waals surface area contributed by atoms with E-state index in [0.29, 0.717) is 0 Å². The summed E-state index contributed by atoms with van der Waals surface area (Å²) in [7, 11) is 1.61. The van der Waals surface area contributed by atoms with Crippen LogP contribution in [0.3, 0.4) is 0 Å². The van der Waals surface area contributed by atoms with Crippen molar-refractivity contribution in [1.29, 1.82) is 0 Å². The van der Waals surface area contributed by atoms with Crippen LogP contribution in [0.5, 0.6) is 0 Å². The van der Waals surface area contributed by atoms with Crippen LogP contribution in [0.4, 0.5) is 32.0 Å². The molecular weight excluding hydrogens is 392 g/mol. The molecule has 1 amide bonds. The number of aromatic nitrogens is 4. The SMILES string of the molecule is Cn1cc(C(=O)Nc2ccc(-n3nc(C(F)(F)F)cc3C(F)(F)F)cc2)cn1. The third kappa shape index (κ3) is 4.00.